The van der Waals surface area contributed by atoms with Crippen molar-refractivity contribution in [2.75, 3.05) is 11.6 Å². The summed E-state index contributed by atoms with van der Waals surface area (Å²) in [5.74, 6) is 0. The molecule has 0 fully saturated rings. The first-order valence-corrected chi connectivity index (χ1v) is 8.66. The number of anilines is 1. The predicted molar refractivity (Wildman–Crippen MR) is 85.3 cm³/mol. The van der Waals surface area contributed by atoms with Gasteiger partial charge in [-0.15, -0.1) is 0 Å². The first-order valence-electron chi connectivity index (χ1n) is 6.76. The molecular formula is C16H20N2O2S. The molecule has 0 spiro atoms. The molecule has 1 N–H and O–H groups in total. The quantitative estimate of drug-likeness (QED) is 0.941. The van der Waals surface area contributed by atoms with Crippen LogP contribution in [-0.2, 0) is 9.84 Å². The molecule has 0 radical (unpaired) electrons. The van der Waals surface area contributed by atoms with Gasteiger partial charge in [0.15, 0.2) is 14.9 Å². The van der Waals surface area contributed by atoms with Gasteiger partial charge in [0.05, 0.1) is 11.9 Å². The normalized spacial score (nSPS) is 13.0. The lowest BCUT2D eigenvalue weighted by molar-refractivity contribution is 0.598. The molecule has 1 aromatic heterocycles. The van der Waals surface area contributed by atoms with Gasteiger partial charge in [0.25, 0.3) is 0 Å². The second-order valence-electron chi connectivity index (χ2n) is 5.44. The Kier molecular flexibility index (Phi) is 4.32. The van der Waals surface area contributed by atoms with Crippen molar-refractivity contribution in [3.8, 4) is 0 Å². The molecule has 0 bridgehead atoms. The van der Waals surface area contributed by atoms with E-state index in [1.54, 1.807) is 12.3 Å². The van der Waals surface area contributed by atoms with Crippen molar-refractivity contribution in [3.63, 3.8) is 0 Å². The number of pyridine rings is 1. The summed E-state index contributed by atoms with van der Waals surface area (Å²) >= 11 is 0. The van der Waals surface area contributed by atoms with E-state index in [1.807, 2.05) is 0 Å². The van der Waals surface area contributed by atoms with E-state index in [0.29, 0.717) is 0 Å². The van der Waals surface area contributed by atoms with Gasteiger partial charge in [0.2, 0.25) is 0 Å². The van der Waals surface area contributed by atoms with E-state index >= 15 is 0 Å². The third-order valence-electron chi connectivity index (χ3n) is 3.24. The smallest absolute Gasteiger partial charge is 0.192 e. The number of hydrogen-bond acceptors (Lipinski definition) is 4. The standard InChI is InChI=1S/C16H20N2O2S/c1-11-7-12(2)9-14(8-11)13(3)18-15-5-6-16(17-10-15)21(4,19)20/h5-10,13,18H,1-4H3. The fraction of sp³-hybridized carbons (Fsp3) is 0.312. The molecule has 0 amide bonds. The van der Waals surface area contributed by atoms with Crippen LogP contribution < -0.4 is 5.32 Å². The highest BCUT2D eigenvalue weighted by Gasteiger charge is 2.10. The van der Waals surface area contributed by atoms with Crippen LogP contribution in [0.5, 0.6) is 0 Å². The lowest BCUT2D eigenvalue weighted by Gasteiger charge is -2.17. The molecule has 21 heavy (non-hydrogen) atoms. The van der Waals surface area contributed by atoms with Crippen molar-refractivity contribution in [2.45, 2.75) is 31.8 Å². The molecule has 1 aromatic carbocycles. The van der Waals surface area contributed by atoms with Crippen LogP contribution in [0.25, 0.3) is 0 Å². The van der Waals surface area contributed by atoms with Crippen LogP contribution in [-0.4, -0.2) is 19.7 Å². The predicted octanol–water partition coefficient (Wildman–Crippen LogP) is 3.28. The average molecular weight is 304 g/mol. The minimum atomic E-state index is -3.25. The molecule has 1 unspecified atom stereocenters. The molecule has 2 rings (SSSR count). The first kappa shape index (κ1) is 15.5. The molecule has 112 valence electrons. The van der Waals surface area contributed by atoms with Crippen LogP contribution >= 0.6 is 0 Å². The fourth-order valence-corrected chi connectivity index (χ4v) is 2.84. The molecule has 5 heteroatoms. The molecule has 0 aliphatic rings. The molecule has 1 atom stereocenters. The highest BCUT2D eigenvalue weighted by atomic mass is 32.2. The third kappa shape index (κ3) is 4.04. The number of hydrogen-bond donors (Lipinski definition) is 1. The maximum absolute atomic E-state index is 11.4. The van der Waals surface area contributed by atoms with Crippen molar-refractivity contribution in [3.05, 3.63) is 53.2 Å². The summed E-state index contributed by atoms with van der Waals surface area (Å²) in [5.41, 5.74) is 4.45. The second kappa shape index (κ2) is 5.85. The molecule has 4 nitrogen and oxygen atoms in total. The van der Waals surface area contributed by atoms with Gasteiger partial charge < -0.3 is 5.32 Å². The summed E-state index contributed by atoms with van der Waals surface area (Å²) in [6, 6.07) is 9.80. The summed E-state index contributed by atoms with van der Waals surface area (Å²) in [6.45, 7) is 6.22. The van der Waals surface area contributed by atoms with Crippen molar-refractivity contribution in [1.82, 2.24) is 4.98 Å². The zero-order valence-corrected chi connectivity index (χ0v) is 13.5. The summed E-state index contributed by atoms with van der Waals surface area (Å²) in [6.07, 6.45) is 2.70. The fourth-order valence-electron chi connectivity index (χ4n) is 2.28. The summed E-state index contributed by atoms with van der Waals surface area (Å²) in [4.78, 5) is 3.98. The SMILES string of the molecule is Cc1cc(C)cc(C(C)Nc2ccc(S(C)(=O)=O)nc2)c1. The van der Waals surface area contributed by atoms with Gasteiger partial charge in [-0.3, -0.25) is 0 Å². The number of nitrogens with zero attached hydrogens (tertiary/aromatic N) is 1. The van der Waals surface area contributed by atoms with Crippen LogP contribution in [0.1, 0.15) is 29.7 Å². The second-order valence-corrected chi connectivity index (χ2v) is 7.41. The minimum Gasteiger partial charge on any atom is -0.377 e. The maximum atomic E-state index is 11.4. The number of nitrogens with one attached hydrogen (secondary N) is 1. The Hall–Kier alpha value is -1.88. The van der Waals surface area contributed by atoms with E-state index in [4.69, 9.17) is 0 Å². The number of sulfone groups is 1. The van der Waals surface area contributed by atoms with Gasteiger partial charge >= 0.3 is 0 Å². The van der Waals surface area contributed by atoms with Crippen molar-refractivity contribution < 1.29 is 8.42 Å². The van der Waals surface area contributed by atoms with Gasteiger partial charge in [-0.25, -0.2) is 13.4 Å². The zero-order valence-electron chi connectivity index (χ0n) is 12.7. The Morgan fingerprint density at radius 1 is 1.10 bits per heavy atom. The van der Waals surface area contributed by atoms with E-state index in [0.717, 1.165) is 11.9 Å². The number of aromatic nitrogens is 1. The Morgan fingerprint density at radius 3 is 2.19 bits per heavy atom. The monoisotopic (exact) mass is 304 g/mol. The van der Waals surface area contributed by atoms with Crippen molar-refractivity contribution in [1.29, 1.82) is 0 Å². The number of rotatable bonds is 4. The van der Waals surface area contributed by atoms with E-state index in [-0.39, 0.29) is 11.1 Å². The molecule has 0 aliphatic heterocycles. The van der Waals surface area contributed by atoms with Crippen LogP contribution in [0.4, 0.5) is 5.69 Å². The molecule has 2 aromatic rings. The van der Waals surface area contributed by atoms with Gasteiger partial charge in [-0.1, -0.05) is 29.3 Å². The van der Waals surface area contributed by atoms with Gasteiger partial charge in [-0.2, -0.15) is 0 Å². The summed E-state index contributed by atoms with van der Waals surface area (Å²) in [5, 5.41) is 3.42. The summed E-state index contributed by atoms with van der Waals surface area (Å²) in [7, 11) is -3.25. The van der Waals surface area contributed by atoms with Gasteiger partial charge in [-0.05, 0) is 38.5 Å². The minimum absolute atomic E-state index is 0.0899. The van der Waals surface area contributed by atoms with Crippen LogP contribution in [0.15, 0.2) is 41.6 Å². The molecule has 0 saturated carbocycles. The lowest BCUT2D eigenvalue weighted by atomic mass is 10.0. The molecule has 0 saturated heterocycles. The van der Waals surface area contributed by atoms with E-state index in [1.165, 1.54) is 22.8 Å². The Labute approximate surface area is 126 Å². The number of benzene rings is 1. The topological polar surface area (TPSA) is 59.1 Å². The van der Waals surface area contributed by atoms with Gasteiger partial charge in [0, 0.05) is 12.3 Å². The van der Waals surface area contributed by atoms with Gasteiger partial charge in [0.1, 0.15) is 0 Å². The first-order chi connectivity index (χ1) is 9.75. The Balaban J connectivity index is 2.17. The van der Waals surface area contributed by atoms with Crippen LogP contribution in [0.2, 0.25) is 0 Å². The largest absolute Gasteiger partial charge is 0.377 e. The maximum Gasteiger partial charge on any atom is 0.192 e. The van der Waals surface area contributed by atoms with Crippen LogP contribution in [0, 0.1) is 13.8 Å². The zero-order chi connectivity index (χ0) is 15.6. The summed E-state index contributed by atoms with van der Waals surface area (Å²) < 4.78 is 22.8. The third-order valence-corrected chi connectivity index (χ3v) is 4.24. The lowest BCUT2D eigenvalue weighted by Crippen LogP contribution is -2.08. The highest BCUT2D eigenvalue weighted by Crippen LogP contribution is 2.21. The number of aryl methyl sites for hydroxylation is 2. The molecular weight excluding hydrogens is 284 g/mol. The molecule has 1 heterocycles. The Morgan fingerprint density at radius 2 is 1.71 bits per heavy atom. The Bertz CT molecular complexity index is 717. The average Bonchev–Trinajstić information content (AvgIpc) is 2.37. The van der Waals surface area contributed by atoms with Crippen molar-refractivity contribution >= 4 is 15.5 Å². The van der Waals surface area contributed by atoms with E-state index < -0.39 is 9.84 Å². The van der Waals surface area contributed by atoms with E-state index in [2.05, 4.69) is 49.3 Å². The van der Waals surface area contributed by atoms with E-state index in [9.17, 15) is 8.42 Å². The van der Waals surface area contributed by atoms with Crippen molar-refractivity contribution in [2.24, 2.45) is 0 Å². The molecule has 0 aliphatic carbocycles. The highest BCUT2D eigenvalue weighted by molar-refractivity contribution is 7.90. The van der Waals surface area contributed by atoms with Crippen LogP contribution in [0.3, 0.4) is 0 Å².